The lowest BCUT2D eigenvalue weighted by Gasteiger charge is -2.26. The second-order valence-electron chi connectivity index (χ2n) is 6.21. The first-order chi connectivity index (χ1) is 12.2. The van der Waals surface area contributed by atoms with Crippen molar-refractivity contribution in [2.45, 2.75) is 20.0 Å². The molecule has 4 rings (SSSR count). The number of morpholine rings is 1. The quantitative estimate of drug-likeness (QED) is 0.735. The molecular weight excluding hydrogens is 338 g/mol. The summed E-state index contributed by atoms with van der Waals surface area (Å²) in [5, 5.41) is 2.88. The normalized spacial score (nSPS) is 15.7. The van der Waals surface area contributed by atoms with E-state index in [2.05, 4.69) is 22.1 Å². The Balaban J connectivity index is 1.50. The maximum Gasteiger partial charge on any atom is 0.268 e. The van der Waals surface area contributed by atoms with Crippen LogP contribution in [0.5, 0.6) is 0 Å². The summed E-state index contributed by atoms with van der Waals surface area (Å²) in [4.78, 5) is 19.4. The van der Waals surface area contributed by atoms with Crippen LogP contribution < -0.4 is 5.32 Å². The van der Waals surface area contributed by atoms with Crippen LogP contribution in [-0.4, -0.2) is 42.1 Å². The van der Waals surface area contributed by atoms with Gasteiger partial charge in [-0.15, -0.1) is 11.3 Å². The van der Waals surface area contributed by atoms with Crippen LogP contribution >= 0.6 is 11.3 Å². The van der Waals surface area contributed by atoms with Gasteiger partial charge in [-0.25, -0.2) is 0 Å². The molecule has 25 heavy (non-hydrogen) atoms. The fourth-order valence-corrected chi connectivity index (χ4v) is 4.19. The van der Waals surface area contributed by atoms with Crippen LogP contribution in [0.3, 0.4) is 0 Å². The summed E-state index contributed by atoms with van der Waals surface area (Å²) in [6.45, 7) is 6.91. The molecule has 4 heterocycles. The van der Waals surface area contributed by atoms with E-state index in [1.807, 2.05) is 18.2 Å². The van der Waals surface area contributed by atoms with E-state index in [0.717, 1.165) is 48.8 Å². The molecule has 2 N–H and O–H groups in total. The van der Waals surface area contributed by atoms with E-state index in [-0.39, 0.29) is 5.91 Å². The molecule has 3 aromatic rings. The topological polar surface area (TPSA) is 70.5 Å². The van der Waals surface area contributed by atoms with Crippen molar-refractivity contribution < 1.29 is 13.9 Å². The molecule has 0 aliphatic carbocycles. The highest BCUT2D eigenvalue weighted by atomic mass is 32.1. The van der Waals surface area contributed by atoms with Gasteiger partial charge in [0.05, 0.1) is 36.2 Å². The number of aryl methyl sites for hydroxylation is 1. The molecule has 0 bridgehead atoms. The molecule has 6 nitrogen and oxygen atoms in total. The summed E-state index contributed by atoms with van der Waals surface area (Å²) in [7, 11) is 0. The SMILES string of the molecule is Cc1sc2cc(C(=O)NCc3ccco3)[nH]c2c1CN1CCOCC1. The Kier molecular flexibility index (Phi) is 4.61. The summed E-state index contributed by atoms with van der Waals surface area (Å²) in [6.07, 6.45) is 1.60. The average Bonchev–Trinajstić information content (AvgIpc) is 3.33. The van der Waals surface area contributed by atoms with E-state index in [1.165, 1.54) is 10.4 Å². The van der Waals surface area contributed by atoms with E-state index in [4.69, 9.17) is 9.15 Å². The van der Waals surface area contributed by atoms with Crippen LogP contribution in [0.2, 0.25) is 0 Å². The number of furan rings is 1. The summed E-state index contributed by atoms with van der Waals surface area (Å²) in [5.74, 6) is 0.625. The van der Waals surface area contributed by atoms with Crippen molar-refractivity contribution in [2.75, 3.05) is 26.3 Å². The number of H-pyrrole nitrogens is 1. The van der Waals surface area contributed by atoms with Crippen LogP contribution in [0.15, 0.2) is 28.9 Å². The van der Waals surface area contributed by atoms with E-state index in [1.54, 1.807) is 17.6 Å². The Bertz CT molecular complexity index is 860. The van der Waals surface area contributed by atoms with Crippen molar-refractivity contribution in [3.05, 3.63) is 46.4 Å². The number of amides is 1. The van der Waals surface area contributed by atoms with E-state index < -0.39 is 0 Å². The molecule has 0 radical (unpaired) electrons. The van der Waals surface area contributed by atoms with E-state index in [9.17, 15) is 4.79 Å². The minimum atomic E-state index is -0.116. The lowest BCUT2D eigenvalue weighted by atomic mass is 10.2. The number of aromatic amines is 1. The average molecular weight is 359 g/mol. The molecule has 3 aromatic heterocycles. The van der Waals surface area contributed by atoms with Crippen molar-refractivity contribution in [3.8, 4) is 0 Å². The number of ether oxygens (including phenoxy) is 1. The number of thiophene rings is 1. The predicted octanol–water partition coefficient (Wildman–Crippen LogP) is 2.89. The number of hydrogen-bond donors (Lipinski definition) is 2. The minimum Gasteiger partial charge on any atom is -0.467 e. The zero-order valence-corrected chi connectivity index (χ0v) is 14.9. The molecule has 7 heteroatoms. The fourth-order valence-electron chi connectivity index (χ4n) is 3.11. The Hall–Kier alpha value is -2.09. The molecule has 1 fully saturated rings. The van der Waals surface area contributed by atoms with Gasteiger partial charge in [0.1, 0.15) is 11.5 Å². The lowest BCUT2D eigenvalue weighted by Crippen LogP contribution is -2.35. The Morgan fingerprint density at radius 2 is 2.24 bits per heavy atom. The third kappa shape index (κ3) is 3.49. The number of rotatable bonds is 5. The van der Waals surface area contributed by atoms with Gasteiger partial charge in [0.2, 0.25) is 0 Å². The van der Waals surface area contributed by atoms with Crippen LogP contribution in [-0.2, 0) is 17.8 Å². The maximum atomic E-state index is 12.4. The lowest BCUT2D eigenvalue weighted by molar-refractivity contribution is 0.0343. The maximum absolute atomic E-state index is 12.4. The highest BCUT2D eigenvalue weighted by Gasteiger charge is 2.19. The Labute approximate surface area is 149 Å². The summed E-state index contributed by atoms with van der Waals surface area (Å²) >= 11 is 1.73. The van der Waals surface area contributed by atoms with Gasteiger partial charge in [0, 0.05) is 30.1 Å². The van der Waals surface area contributed by atoms with Crippen LogP contribution in [0, 0.1) is 6.92 Å². The van der Waals surface area contributed by atoms with E-state index in [0.29, 0.717) is 12.2 Å². The molecular formula is C18H21N3O3S. The van der Waals surface area contributed by atoms with Crippen molar-refractivity contribution in [1.29, 1.82) is 0 Å². The summed E-state index contributed by atoms with van der Waals surface area (Å²) < 4.78 is 11.8. The third-order valence-corrected chi connectivity index (χ3v) is 5.60. The van der Waals surface area contributed by atoms with Crippen molar-refractivity contribution in [2.24, 2.45) is 0 Å². The molecule has 1 aliphatic rings. The molecule has 1 amide bonds. The Morgan fingerprint density at radius 3 is 3.00 bits per heavy atom. The van der Waals surface area contributed by atoms with Crippen LogP contribution in [0.4, 0.5) is 0 Å². The highest BCUT2D eigenvalue weighted by molar-refractivity contribution is 7.19. The molecule has 1 saturated heterocycles. The standard InChI is InChI=1S/C18H21N3O3S/c1-12-14(11-21-4-7-23-8-5-21)17-16(25-12)9-15(20-17)18(22)19-10-13-3-2-6-24-13/h2-3,6,9,20H,4-5,7-8,10-11H2,1H3,(H,19,22). The molecule has 0 aromatic carbocycles. The number of carbonyl (C=O) groups excluding carboxylic acids is 1. The summed E-state index contributed by atoms with van der Waals surface area (Å²) in [6, 6.07) is 5.59. The van der Waals surface area contributed by atoms with Gasteiger partial charge in [0.25, 0.3) is 5.91 Å². The molecule has 0 spiro atoms. The number of hydrogen-bond acceptors (Lipinski definition) is 5. The highest BCUT2D eigenvalue weighted by Crippen LogP contribution is 2.32. The molecule has 132 valence electrons. The second-order valence-corrected chi connectivity index (χ2v) is 7.47. The summed E-state index contributed by atoms with van der Waals surface area (Å²) in [5.41, 5.74) is 2.96. The van der Waals surface area contributed by atoms with Crippen LogP contribution in [0.25, 0.3) is 10.2 Å². The molecule has 0 saturated carbocycles. The van der Waals surface area contributed by atoms with Gasteiger partial charge in [-0.1, -0.05) is 0 Å². The van der Waals surface area contributed by atoms with Gasteiger partial charge >= 0.3 is 0 Å². The Morgan fingerprint density at radius 1 is 1.40 bits per heavy atom. The largest absolute Gasteiger partial charge is 0.467 e. The zero-order chi connectivity index (χ0) is 17.2. The first-order valence-electron chi connectivity index (χ1n) is 8.42. The number of nitrogens with one attached hydrogen (secondary N) is 2. The molecule has 0 atom stereocenters. The zero-order valence-electron chi connectivity index (χ0n) is 14.1. The van der Waals surface area contributed by atoms with E-state index >= 15 is 0 Å². The van der Waals surface area contributed by atoms with Crippen LogP contribution in [0.1, 0.15) is 26.7 Å². The number of nitrogens with zero attached hydrogens (tertiary/aromatic N) is 1. The second kappa shape index (κ2) is 7.03. The van der Waals surface area contributed by atoms with Gasteiger partial charge in [0.15, 0.2) is 0 Å². The first-order valence-corrected chi connectivity index (χ1v) is 9.24. The molecule has 0 unspecified atom stereocenters. The first kappa shape index (κ1) is 16.4. The van der Waals surface area contributed by atoms with Crippen molar-refractivity contribution in [3.63, 3.8) is 0 Å². The number of aromatic nitrogens is 1. The minimum absolute atomic E-state index is 0.116. The smallest absolute Gasteiger partial charge is 0.268 e. The number of carbonyl (C=O) groups is 1. The third-order valence-electron chi connectivity index (χ3n) is 4.50. The predicted molar refractivity (Wildman–Crippen MR) is 96.9 cm³/mol. The van der Waals surface area contributed by atoms with Gasteiger partial charge in [-0.3, -0.25) is 9.69 Å². The van der Waals surface area contributed by atoms with Gasteiger partial charge in [-0.2, -0.15) is 0 Å². The number of fused-ring (bicyclic) bond motifs is 1. The van der Waals surface area contributed by atoms with Crippen molar-refractivity contribution in [1.82, 2.24) is 15.2 Å². The van der Waals surface area contributed by atoms with Crippen molar-refractivity contribution >= 4 is 27.5 Å². The van der Waals surface area contributed by atoms with Gasteiger partial charge in [-0.05, 0) is 25.1 Å². The molecule has 1 aliphatic heterocycles. The monoisotopic (exact) mass is 359 g/mol. The van der Waals surface area contributed by atoms with Gasteiger partial charge < -0.3 is 19.5 Å². The fraction of sp³-hybridized carbons (Fsp3) is 0.389.